The Morgan fingerprint density at radius 3 is 2.55 bits per heavy atom. The van der Waals surface area contributed by atoms with Gasteiger partial charge in [-0.25, -0.2) is 4.39 Å². The molecule has 0 bridgehead atoms. The first kappa shape index (κ1) is 22.9. The topological polar surface area (TPSA) is 58.1 Å². The van der Waals surface area contributed by atoms with Gasteiger partial charge >= 0.3 is 0 Å². The van der Waals surface area contributed by atoms with Gasteiger partial charge in [0.25, 0.3) is 0 Å². The summed E-state index contributed by atoms with van der Waals surface area (Å²) in [6.45, 7) is 6.23. The minimum absolute atomic E-state index is 0.197. The van der Waals surface area contributed by atoms with Crippen molar-refractivity contribution in [3.63, 3.8) is 0 Å². The minimum atomic E-state index is -0.197. The van der Waals surface area contributed by atoms with Gasteiger partial charge in [0, 0.05) is 33.2 Å². The molecule has 1 fully saturated rings. The Morgan fingerprint density at radius 1 is 1.16 bits per heavy atom. The van der Waals surface area contributed by atoms with Crippen molar-refractivity contribution in [3.05, 3.63) is 59.4 Å². The van der Waals surface area contributed by atoms with Crippen molar-refractivity contribution >= 4 is 11.6 Å². The molecule has 7 heteroatoms. The van der Waals surface area contributed by atoms with Crippen LogP contribution in [0.3, 0.4) is 0 Å². The van der Waals surface area contributed by atoms with Crippen molar-refractivity contribution in [2.45, 2.75) is 25.8 Å². The number of anilines is 1. The second-order valence-electron chi connectivity index (χ2n) is 7.70. The van der Waals surface area contributed by atoms with Crippen LogP contribution in [0.2, 0.25) is 0 Å². The molecule has 1 heterocycles. The molecule has 0 spiro atoms. The molecule has 1 aliphatic rings. The molecule has 1 aliphatic heterocycles. The zero-order chi connectivity index (χ0) is 22.1. The fraction of sp³-hybridized carbons (Fsp3) is 0.458. The van der Waals surface area contributed by atoms with Gasteiger partial charge in [-0.1, -0.05) is 25.1 Å². The van der Waals surface area contributed by atoms with Crippen molar-refractivity contribution in [2.24, 2.45) is 4.99 Å². The number of morpholine rings is 1. The number of ether oxygens (including phenoxy) is 2. The molecule has 1 saturated heterocycles. The molecule has 168 valence electrons. The third-order valence-corrected chi connectivity index (χ3v) is 5.60. The normalized spacial score (nSPS) is 15.5. The van der Waals surface area contributed by atoms with E-state index < -0.39 is 0 Å². The smallest absolute Gasteiger partial charge is 0.191 e. The summed E-state index contributed by atoms with van der Waals surface area (Å²) in [7, 11) is 3.41. The highest BCUT2D eigenvalue weighted by molar-refractivity contribution is 5.79. The Kier molecular flexibility index (Phi) is 8.53. The van der Waals surface area contributed by atoms with E-state index >= 15 is 0 Å². The van der Waals surface area contributed by atoms with Crippen LogP contribution in [0.15, 0.2) is 47.5 Å². The van der Waals surface area contributed by atoms with Gasteiger partial charge in [0.1, 0.15) is 11.6 Å². The fourth-order valence-corrected chi connectivity index (χ4v) is 3.63. The average molecular weight is 429 g/mol. The standard InChI is InChI=1S/C24H33FN4O2/c1-18(20-5-7-21(30-3)8-6-20)10-11-27-24(26-2)28-17-19-4-9-23(22(25)16-19)29-12-14-31-15-13-29/h4-9,16,18H,10-15,17H2,1-3H3,(H2,26,27,28). The van der Waals surface area contributed by atoms with E-state index in [0.717, 1.165) is 37.4 Å². The van der Waals surface area contributed by atoms with Gasteiger partial charge in [0.05, 0.1) is 26.0 Å². The van der Waals surface area contributed by atoms with Crippen molar-refractivity contribution in [2.75, 3.05) is 51.9 Å². The lowest BCUT2D eigenvalue weighted by molar-refractivity contribution is 0.122. The van der Waals surface area contributed by atoms with Gasteiger partial charge in [0.2, 0.25) is 0 Å². The zero-order valence-electron chi connectivity index (χ0n) is 18.7. The molecule has 0 aromatic heterocycles. The summed E-state index contributed by atoms with van der Waals surface area (Å²) in [6.07, 6.45) is 0.968. The Balaban J connectivity index is 1.45. The maximum atomic E-state index is 14.6. The van der Waals surface area contributed by atoms with E-state index in [4.69, 9.17) is 9.47 Å². The van der Waals surface area contributed by atoms with Crippen LogP contribution in [0.4, 0.5) is 10.1 Å². The molecule has 1 unspecified atom stereocenters. The summed E-state index contributed by atoms with van der Waals surface area (Å²) < 4.78 is 25.1. The zero-order valence-corrected chi connectivity index (χ0v) is 18.7. The number of nitrogens with one attached hydrogen (secondary N) is 2. The molecular weight excluding hydrogens is 395 g/mol. The van der Waals surface area contributed by atoms with Crippen molar-refractivity contribution < 1.29 is 13.9 Å². The molecule has 6 nitrogen and oxygen atoms in total. The molecule has 2 aromatic rings. The fourth-order valence-electron chi connectivity index (χ4n) is 3.63. The van der Waals surface area contributed by atoms with E-state index in [2.05, 4.69) is 34.7 Å². The van der Waals surface area contributed by atoms with Crippen molar-refractivity contribution in [3.8, 4) is 5.75 Å². The lowest BCUT2D eigenvalue weighted by Gasteiger charge is -2.29. The number of aliphatic imine (C=N–C) groups is 1. The van der Waals surface area contributed by atoms with E-state index in [0.29, 0.717) is 37.3 Å². The number of methoxy groups -OCH3 is 1. The molecule has 3 rings (SSSR count). The molecule has 0 aliphatic carbocycles. The maximum absolute atomic E-state index is 14.6. The van der Waals surface area contributed by atoms with Gasteiger partial charge in [0.15, 0.2) is 5.96 Å². The minimum Gasteiger partial charge on any atom is -0.497 e. The Bertz CT molecular complexity index is 851. The molecule has 2 aromatic carbocycles. The largest absolute Gasteiger partial charge is 0.497 e. The van der Waals surface area contributed by atoms with E-state index in [9.17, 15) is 4.39 Å². The summed E-state index contributed by atoms with van der Waals surface area (Å²) in [4.78, 5) is 6.30. The van der Waals surface area contributed by atoms with Crippen LogP contribution < -0.4 is 20.3 Å². The van der Waals surface area contributed by atoms with Gasteiger partial charge in [-0.2, -0.15) is 0 Å². The third kappa shape index (κ3) is 6.59. The highest BCUT2D eigenvalue weighted by atomic mass is 19.1. The number of halogens is 1. The van der Waals surface area contributed by atoms with Crippen LogP contribution >= 0.6 is 0 Å². The molecule has 31 heavy (non-hydrogen) atoms. The number of hydrogen-bond acceptors (Lipinski definition) is 4. The van der Waals surface area contributed by atoms with E-state index in [1.54, 1.807) is 20.2 Å². The number of nitrogens with zero attached hydrogens (tertiary/aromatic N) is 2. The Morgan fingerprint density at radius 2 is 1.90 bits per heavy atom. The van der Waals surface area contributed by atoms with Crippen LogP contribution in [-0.4, -0.2) is 53.0 Å². The summed E-state index contributed by atoms with van der Waals surface area (Å²) >= 11 is 0. The van der Waals surface area contributed by atoms with Crippen LogP contribution in [0.25, 0.3) is 0 Å². The monoisotopic (exact) mass is 428 g/mol. The van der Waals surface area contributed by atoms with Gasteiger partial charge in [-0.3, -0.25) is 4.99 Å². The number of rotatable bonds is 8. The quantitative estimate of drug-likeness (QED) is 0.498. The summed E-state index contributed by atoms with van der Waals surface area (Å²) in [5.74, 6) is 1.79. The molecule has 1 atom stereocenters. The van der Waals surface area contributed by atoms with E-state index in [-0.39, 0.29) is 5.82 Å². The number of hydrogen-bond donors (Lipinski definition) is 2. The second kappa shape index (κ2) is 11.6. The summed E-state index contributed by atoms with van der Waals surface area (Å²) in [5.41, 5.74) is 2.80. The highest BCUT2D eigenvalue weighted by Gasteiger charge is 2.15. The molecule has 0 radical (unpaired) electrons. The first-order valence-electron chi connectivity index (χ1n) is 10.8. The highest BCUT2D eigenvalue weighted by Crippen LogP contribution is 2.22. The average Bonchev–Trinajstić information content (AvgIpc) is 2.81. The van der Waals surface area contributed by atoms with Crippen molar-refractivity contribution in [1.29, 1.82) is 0 Å². The molecular formula is C24H33FN4O2. The van der Waals surface area contributed by atoms with E-state index in [1.165, 1.54) is 5.56 Å². The van der Waals surface area contributed by atoms with Crippen LogP contribution in [0.5, 0.6) is 5.75 Å². The van der Waals surface area contributed by atoms with Gasteiger partial charge in [-0.05, 0) is 47.7 Å². The first-order chi connectivity index (χ1) is 15.1. The van der Waals surface area contributed by atoms with Crippen LogP contribution in [0.1, 0.15) is 30.4 Å². The predicted molar refractivity (Wildman–Crippen MR) is 124 cm³/mol. The molecule has 0 amide bonds. The second-order valence-corrected chi connectivity index (χ2v) is 7.70. The van der Waals surface area contributed by atoms with Gasteiger partial charge < -0.3 is 25.0 Å². The Labute approximate surface area is 184 Å². The van der Waals surface area contributed by atoms with Gasteiger partial charge in [-0.15, -0.1) is 0 Å². The molecule has 0 saturated carbocycles. The van der Waals surface area contributed by atoms with E-state index in [1.807, 2.05) is 29.2 Å². The van der Waals surface area contributed by atoms with Crippen LogP contribution in [0, 0.1) is 5.82 Å². The molecule has 2 N–H and O–H groups in total. The maximum Gasteiger partial charge on any atom is 0.191 e. The number of guanidine groups is 1. The third-order valence-electron chi connectivity index (χ3n) is 5.60. The number of benzene rings is 2. The first-order valence-corrected chi connectivity index (χ1v) is 10.8. The lowest BCUT2D eigenvalue weighted by Crippen LogP contribution is -2.38. The van der Waals surface area contributed by atoms with Crippen molar-refractivity contribution in [1.82, 2.24) is 10.6 Å². The van der Waals surface area contributed by atoms with Crippen LogP contribution in [-0.2, 0) is 11.3 Å². The summed E-state index contributed by atoms with van der Waals surface area (Å²) in [5, 5.41) is 6.60. The predicted octanol–water partition coefficient (Wildman–Crippen LogP) is 3.53. The summed E-state index contributed by atoms with van der Waals surface area (Å²) in [6, 6.07) is 13.6. The SMILES string of the molecule is CN=C(NCCC(C)c1ccc(OC)cc1)NCc1ccc(N2CCOCC2)c(F)c1. The Hall–Kier alpha value is -2.80. The lowest BCUT2D eigenvalue weighted by atomic mass is 9.98.